The van der Waals surface area contributed by atoms with Crippen LogP contribution in [0.4, 0.5) is 0 Å². The molecule has 0 spiro atoms. The summed E-state index contributed by atoms with van der Waals surface area (Å²) in [6.07, 6.45) is 1.77. The van der Waals surface area contributed by atoms with Gasteiger partial charge in [-0.15, -0.1) is 0 Å². The monoisotopic (exact) mass is 329 g/mol. The number of rotatable bonds is 5. The molecular weight excluding hydrogens is 302 g/mol. The lowest BCUT2D eigenvalue weighted by molar-refractivity contribution is 0.414. The van der Waals surface area contributed by atoms with Crippen LogP contribution in [0.5, 0.6) is 5.75 Å². The van der Waals surface area contributed by atoms with Gasteiger partial charge < -0.3 is 4.74 Å². The second kappa shape index (κ2) is 7.07. The van der Waals surface area contributed by atoms with Gasteiger partial charge in [-0.1, -0.05) is 13.3 Å². The largest absolute Gasteiger partial charge is 0.497 e. The molecule has 2 aromatic rings. The third kappa shape index (κ3) is 3.96. The Morgan fingerprint density at radius 2 is 1.88 bits per heavy atom. The van der Waals surface area contributed by atoms with Crippen LogP contribution in [-0.2, 0) is 6.42 Å². The summed E-state index contributed by atoms with van der Waals surface area (Å²) in [5.74, 6) is 0.762. The number of hydrogen-bond donors (Lipinski definition) is 1. The second-order valence-corrected chi connectivity index (χ2v) is 6.92. The number of aromatic nitrogens is 2. The first kappa shape index (κ1) is 18.0. The average Bonchev–Trinajstić information content (AvgIpc) is 2.83. The van der Waals surface area contributed by atoms with Crippen molar-refractivity contribution in [1.29, 1.82) is 0 Å². The number of hydrogen-bond acceptors (Lipinski definition) is 3. The average molecular weight is 329 g/mol. The minimum absolute atomic E-state index is 0.0610. The summed E-state index contributed by atoms with van der Waals surface area (Å²) in [5.41, 5.74) is 2.90. The fourth-order valence-corrected chi connectivity index (χ4v) is 2.76. The number of benzene rings is 1. The fraction of sp³-hybridized carbons (Fsp3) is 0.474. The topological polar surface area (TPSA) is 59.4 Å². The molecular formula is C19H27N3O2. The molecule has 0 bridgehead atoms. The van der Waals surface area contributed by atoms with Crippen molar-refractivity contribution in [2.24, 2.45) is 4.99 Å². The van der Waals surface area contributed by atoms with Crippen LogP contribution in [0, 0.1) is 0 Å². The number of aryl methyl sites for hydroxylation is 1. The zero-order valence-electron chi connectivity index (χ0n) is 15.4. The van der Waals surface area contributed by atoms with Gasteiger partial charge in [0, 0.05) is 11.4 Å². The highest BCUT2D eigenvalue weighted by atomic mass is 16.5. The molecule has 1 aromatic carbocycles. The normalized spacial score (nSPS) is 12.5. The molecule has 0 radical (unpaired) electrons. The molecule has 0 amide bonds. The SMILES string of the molecule is CCCc1[nH]n(-c2ccc(OC)cc2)c(=O)c1C(C)=NC(C)(C)C. The van der Waals surface area contributed by atoms with Crippen molar-refractivity contribution < 1.29 is 4.74 Å². The third-order valence-corrected chi connectivity index (χ3v) is 3.66. The summed E-state index contributed by atoms with van der Waals surface area (Å²) in [6, 6.07) is 7.43. The number of nitrogens with zero attached hydrogens (tertiary/aromatic N) is 2. The van der Waals surface area contributed by atoms with Crippen LogP contribution in [-0.4, -0.2) is 28.1 Å². The van der Waals surface area contributed by atoms with E-state index in [1.807, 2.05) is 52.0 Å². The number of methoxy groups -OCH3 is 1. The van der Waals surface area contributed by atoms with E-state index in [1.54, 1.807) is 11.8 Å². The van der Waals surface area contributed by atoms with Crippen LogP contribution >= 0.6 is 0 Å². The summed E-state index contributed by atoms with van der Waals surface area (Å²) < 4.78 is 6.76. The van der Waals surface area contributed by atoms with Crippen LogP contribution in [0.25, 0.3) is 5.69 Å². The van der Waals surface area contributed by atoms with E-state index in [0.717, 1.165) is 35.7 Å². The van der Waals surface area contributed by atoms with E-state index in [1.165, 1.54) is 0 Å². The van der Waals surface area contributed by atoms with E-state index < -0.39 is 0 Å². The van der Waals surface area contributed by atoms with Crippen molar-refractivity contribution in [2.75, 3.05) is 7.11 Å². The van der Waals surface area contributed by atoms with Crippen molar-refractivity contribution in [3.8, 4) is 11.4 Å². The molecule has 130 valence electrons. The lowest BCUT2D eigenvalue weighted by Crippen LogP contribution is -2.22. The van der Waals surface area contributed by atoms with Gasteiger partial charge in [-0.3, -0.25) is 14.9 Å². The van der Waals surface area contributed by atoms with Gasteiger partial charge in [-0.25, -0.2) is 4.68 Å². The molecule has 1 N–H and O–H groups in total. The summed E-state index contributed by atoms with van der Waals surface area (Å²) >= 11 is 0. The molecule has 5 nitrogen and oxygen atoms in total. The van der Waals surface area contributed by atoms with Crippen LogP contribution in [0.3, 0.4) is 0 Å². The van der Waals surface area contributed by atoms with E-state index in [-0.39, 0.29) is 11.1 Å². The smallest absolute Gasteiger partial charge is 0.280 e. The molecule has 0 aliphatic carbocycles. The van der Waals surface area contributed by atoms with Crippen molar-refractivity contribution in [1.82, 2.24) is 9.78 Å². The molecule has 2 rings (SSSR count). The Bertz CT molecular complexity index is 774. The first-order chi connectivity index (χ1) is 11.3. The van der Waals surface area contributed by atoms with Crippen LogP contribution in [0.15, 0.2) is 34.1 Å². The van der Waals surface area contributed by atoms with Gasteiger partial charge in [0.15, 0.2) is 0 Å². The molecule has 0 atom stereocenters. The Balaban J connectivity index is 2.57. The van der Waals surface area contributed by atoms with Gasteiger partial charge in [0.1, 0.15) is 5.75 Å². The molecule has 0 saturated heterocycles. The van der Waals surface area contributed by atoms with Crippen LogP contribution in [0.1, 0.15) is 52.3 Å². The highest BCUT2D eigenvalue weighted by Crippen LogP contribution is 2.16. The van der Waals surface area contributed by atoms with Crippen molar-refractivity contribution in [3.05, 3.63) is 45.9 Å². The summed E-state index contributed by atoms with van der Waals surface area (Å²) in [4.78, 5) is 17.6. The molecule has 1 heterocycles. The molecule has 5 heteroatoms. The molecule has 0 saturated carbocycles. The zero-order valence-corrected chi connectivity index (χ0v) is 15.4. The van der Waals surface area contributed by atoms with Crippen molar-refractivity contribution in [3.63, 3.8) is 0 Å². The van der Waals surface area contributed by atoms with Gasteiger partial charge in [0.05, 0.1) is 23.9 Å². The quantitative estimate of drug-likeness (QED) is 0.850. The summed E-state index contributed by atoms with van der Waals surface area (Å²) in [6.45, 7) is 10.1. The highest BCUT2D eigenvalue weighted by molar-refractivity contribution is 5.99. The van der Waals surface area contributed by atoms with E-state index in [4.69, 9.17) is 4.74 Å². The Morgan fingerprint density at radius 3 is 2.38 bits per heavy atom. The van der Waals surface area contributed by atoms with E-state index in [0.29, 0.717) is 5.56 Å². The molecule has 0 fully saturated rings. The summed E-state index contributed by atoms with van der Waals surface area (Å²) in [7, 11) is 1.62. The van der Waals surface area contributed by atoms with E-state index >= 15 is 0 Å². The Labute approximate surface area is 143 Å². The molecule has 1 aromatic heterocycles. The first-order valence-electron chi connectivity index (χ1n) is 8.32. The van der Waals surface area contributed by atoms with Crippen molar-refractivity contribution >= 4 is 5.71 Å². The standard InChI is InChI=1S/C19H27N3O2/c1-7-8-16-17(13(2)20-19(3,4)5)18(23)22(21-16)14-9-11-15(24-6)12-10-14/h9-12,21H,7-8H2,1-6H3. The predicted octanol–water partition coefficient (Wildman–Crippen LogP) is 3.73. The van der Waals surface area contributed by atoms with Gasteiger partial charge in [0.25, 0.3) is 5.56 Å². The number of nitrogens with one attached hydrogen (secondary N) is 1. The number of aliphatic imine (C=N–C) groups is 1. The maximum absolute atomic E-state index is 13.0. The van der Waals surface area contributed by atoms with Crippen molar-refractivity contribution in [2.45, 2.75) is 53.0 Å². The summed E-state index contributed by atoms with van der Waals surface area (Å²) in [5, 5.41) is 3.25. The zero-order chi connectivity index (χ0) is 17.9. The molecule has 0 aliphatic rings. The van der Waals surface area contributed by atoms with E-state index in [2.05, 4.69) is 17.0 Å². The second-order valence-electron chi connectivity index (χ2n) is 6.92. The maximum Gasteiger partial charge on any atom is 0.280 e. The van der Waals surface area contributed by atoms with Crippen LogP contribution in [0.2, 0.25) is 0 Å². The first-order valence-corrected chi connectivity index (χ1v) is 8.32. The minimum atomic E-state index is -0.220. The molecule has 0 unspecified atom stereocenters. The minimum Gasteiger partial charge on any atom is -0.497 e. The van der Waals surface area contributed by atoms with Crippen LogP contribution < -0.4 is 10.3 Å². The van der Waals surface area contributed by atoms with Gasteiger partial charge >= 0.3 is 0 Å². The highest BCUT2D eigenvalue weighted by Gasteiger charge is 2.19. The number of ether oxygens (including phenoxy) is 1. The predicted molar refractivity (Wildman–Crippen MR) is 98.9 cm³/mol. The number of aromatic amines is 1. The Kier molecular flexibility index (Phi) is 5.32. The maximum atomic E-state index is 13.0. The van der Waals surface area contributed by atoms with Gasteiger partial charge in [0.2, 0.25) is 0 Å². The molecule has 24 heavy (non-hydrogen) atoms. The fourth-order valence-electron chi connectivity index (χ4n) is 2.76. The Morgan fingerprint density at radius 1 is 1.25 bits per heavy atom. The van der Waals surface area contributed by atoms with Gasteiger partial charge in [-0.2, -0.15) is 0 Å². The number of H-pyrrole nitrogens is 1. The lowest BCUT2D eigenvalue weighted by Gasteiger charge is -2.13. The Hall–Kier alpha value is -2.30. The third-order valence-electron chi connectivity index (χ3n) is 3.66. The van der Waals surface area contributed by atoms with Gasteiger partial charge in [-0.05, 0) is 58.4 Å². The lowest BCUT2D eigenvalue weighted by atomic mass is 10.1. The van der Waals surface area contributed by atoms with E-state index in [9.17, 15) is 4.79 Å². The molecule has 0 aliphatic heterocycles.